The van der Waals surface area contributed by atoms with Gasteiger partial charge in [-0.3, -0.25) is 4.98 Å². The summed E-state index contributed by atoms with van der Waals surface area (Å²) >= 11 is 1.77. The summed E-state index contributed by atoms with van der Waals surface area (Å²) in [5.74, 6) is 7.40. The average Bonchev–Trinajstić information content (AvgIpc) is 3.01. The number of hydrogen-bond donors (Lipinski definition) is 1. The van der Waals surface area contributed by atoms with Crippen LogP contribution in [0.1, 0.15) is 18.4 Å². The average molecular weight is 326 g/mol. The topological polar surface area (TPSA) is 70.5 Å². The summed E-state index contributed by atoms with van der Waals surface area (Å²) in [6.45, 7) is -0.0134. The van der Waals surface area contributed by atoms with Crippen LogP contribution in [0.3, 0.4) is 0 Å². The summed E-state index contributed by atoms with van der Waals surface area (Å²) in [4.78, 5) is 4.13. The first-order valence-corrected chi connectivity index (χ1v) is 9.25. The van der Waals surface area contributed by atoms with Gasteiger partial charge in [0.2, 0.25) is 10.0 Å². The molecule has 0 aliphatic carbocycles. The monoisotopic (exact) mass is 326 g/mol. The molecule has 0 saturated carbocycles. The van der Waals surface area contributed by atoms with E-state index in [1.165, 1.54) is 22.8 Å². The number of hydrogen-bond acceptors (Lipinski definition) is 5. The maximum absolute atomic E-state index is 12.6. The van der Waals surface area contributed by atoms with Crippen molar-refractivity contribution in [2.75, 3.05) is 25.2 Å². The van der Waals surface area contributed by atoms with E-state index in [-0.39, 0.29) is 17.5 Å². The van der Waals surface area contributed by atoms with Crippen LogP contribution in [0, 0.1) is 11.8 Å². The summed E-state index contributed by atoms with van der Waals surface area (Å²) in [5, 5.41) is 8.70. The van der Waals surface area contributed by atoms with Crippen molar-refractivity contribution in [3.8, 4) is 11.8 Å². The first kappa shape index (κ1) is 16.3. The molecule has 0 bridgehead atoms. The lowest BCUT2D eigenvalue weighted by atomic mass is 10.3. The van der Waals surface area contributed by atoms with E-state index in [0.29, 0.717) is 12.0 Å². The zero-order valence-electron chi connectivity index (χ0n) is 11.8. The van der Waals surface area contributed by atoms with E-state index in [0.717, 1.165) is 17.9 Å². The molecule has 1 atom stereocenters. The number of sulfonamides is 1. The van der Waals surface area contributed by atoms with Crippen molar-refractivity contribution < 1.29 is 13.5 Å². The standard InChI is InChI=1S/C14H18N2O3S2/c1-16(13-5-7-20-11-13)21(18,19)14-8-12(9-15-10-14)4-2-3-6-17/h8-10,13,17H,3,5-7,11H2,1H3. The van der Waals surface area contributed by atoms with Crippen LogP contribution < -0.4 is 0 Å². The largest absolute Gasteiger partial charge is 0.395 e. The molecule has 1 fully saturated rings. The highest BCUT2D eigenvalue weighted by Gasteiger charge is 2.30. The third-order valence-electron chi connectivity index (χ3n) is 3.28. The summed E-state index contributed by atoms with van der Waals surface area (Å²) < 4.78 is 26.6. The fourth-order valence-electron chi connectivity index (χ4n) is 2.02. The minimum Gasteiger partial charge on any atom is -0.395 e. The first-order valence-electron chi connectivity index (χ1n) is 6.66. The van der Waals surface area contributed by atoms with Crippen molar-refractivity contribution in [1.29, 1.82) is 0 Å². The second-order valence-electron chi connectivity index (χ2n) is 4.72. The lowest BCUT2D eigenvalue weighted by Crippen LogP contribution is -2.37. The fraction of sp³-hybridized carbons (Fsp3) is 0.500. The molecule has 2 rings (SSSR count). The van der Waals surface area contributed by atoms with Crippen LogP contribution in [-0.4, -0.2) is 54.0 Å². The van der Waals surface area contributed by atoms with Gasteiger partial charge in [0, 0.05) is 43.2 Å². The van der Waals surface area contributed by atoms with Gasteiger partial charge >= 0.3 is 0 Å². The number of rotatable bonds is 4. The van der Waals surface area contributed by atoms with Gasteiger partial charge in [-0.05, 0) is 18.2 Å². The normalized spacial score (nSPS) is 18.5. The maximum Gasteiger partial charge on any atom is 0.244 e. The van der Waals surface area contributed by atoms with Gasteiger partial charge in [-0.1, -0.05) is 11.8 Å². The smallest absolute Gasteiger partial charge is 0.244 e. The van der Waals surface area contributed by atoms with Gasteiger partial charge in [-0.25, -0.2) is 8.42 Å². The van der Waals surface area contributed by atoms with Crippen LogP contribution in [0.4, 0.5) is 0 Å². The quantitative estimate of drug-likeness (QED) is 0.834. The third kappa shape index (κ3) is 3.98. The number of aromatic nitrogens is 1. The van der Waals surface area contributed by atoms with Crippen LogP contribution in [0.2, 0.25) is 0 Å². The molecule has 1 saturated heterocycles. The number of pyridine rings is 1. The second kappa shape index (κ2) is 7.27. The van der Waals surface area contributed by atoms with E-state index in [1.54, 1.807) is 18.8 Å². The predicted octanol–water partition coefficient (Wildman–Crippen LogP) is 0.942. The van der Waals surface area contributed by atoms with Crippen LogP contribution in [0.25, 0.3) is 0 Å². The van der Waals surface area contributed by atoms with Gasteiger partial charge in [0.25, 0.3) is 0 Å². The van der Waals surface area contributed by atoms with Gasteiger partial charge < -0.3 is 5.11 Å². The number of nitrogens with zero attached hydrogens (tertiary/aromatic N) is 2. The minimum absolute atomic E-state index is 0.0134. The zero-order valence-corrected chi connectivity index (χ0v) is 13.5. The van der Waals surface area contributed by atoms with Crippen molar-refractivity contribution >= 4 is 21.8 Å². The molecule has 5 nitrogen and oxygen atoms in total. The third-order valence-corrected chi connectivity index (χ3v) is 6.30. The fourth-order valence-corrected chi connectivity index (χ4v) is 4.76. The van der Waals surface area contributed by atoms with Crippen molar-refractivity contribution in [3.63, 3.8) is 0 Å². The van der Waals surface area contributed by atoms with Crippen LogP contribution in [0.15, 0.2) is 23.4 Å². The van der Waals surface area contributed by atoms with E-state index < -0.39 is 10.0 Å². The highest BCUT2D eigenvalue weighted by molar-refractivity contribution is 7.99. The summed E-state index contributed by atoms with van der Waals surface area (Å²) in [6.07, 6.45) is 4.11. The number of thioether (sulfide) groups is 1. The Hall–Kier alpha value is -1.07. The number of aliphatic hydroxyl groups excluding tert-OH is 1. The first-order chi connectivity index (χ1) is 10.1. The summed E-state index contributed by atoms with van der Waals surface area (Å²) in [5.41, 5.74) is 0.540. The van der Waals surface area contributed by atoms with Crippen LogP contribution in [-0.2, 0) is 10.0 Å². The van der Waals surface area contributed by atoms with Crippen molar-refractivity contribution in [3.05, 3.63) is 24.0 Å². The summed E-state index contributed by atoms with van der Waals surface area (Å²) in [7, 11) is -1.91. The van der Waals surface area contributed by atoms with Crippen molar-refractivity contribution in [2.24, 2.45) is 0 Å². The Morgan fingerprint density at radius 3 is 3.00 bits per heavy atom. The molecule has 21 heavy (non-hydrogen) atoms. The van der Waals surface area contributed by atoms with Crippen molar-refractivity contribution in [1.82, 2.24) is 9.29 Å². The lowest BCUT2D eigenvalue weighted by Gasteiger charge is -2.22. The molecule has 2 heterocycles. The van der Waals surface area contributed by atoms with Gasteiger partial charge in [0.05, 0.1) is 6.61 Å². The van der Waals surface area contributed by atoms with E-state index in [4.69, 9.17) is 5.11 Å². The molecule has 1 aromatic heterocycles. The van der Waals surface area contributed by atoms with E-state index >= 15 is 0 Å². The molecule has 0 spiro atoms. The minimum atomic E-state index is -3.54. The Labute approximate surface area is 129 Å². The van der Waals surface area contributed by atoms with Crippen molar-refractivity contribution in [2.45, 2.75) is 23.8 Å². The highest BCUT2D eigenvalue weighted by atomic mass is 32.2. The van der Waals surface area contributed by atoms with E-state index in [2.05, 4.69) is 16.8 Å². The van der Waals surface area contributed by atoms with Gasteiger partial charge in [0.1, 0.15) is 4.90 Å². The SMILES string of the molecule is CN(C1CCSC1)S(=O)(=O)c1cncc(C#CCCO)c1. The molecule has 1 N–H and O–H groups in total. The Morgan fingerprint density at radius 1 is 1.52 bits per heavy atom. The predicted molar refractivity (Wildman–Crippen MR) is 83.5 cm³/mol. The van der Waals surface area contributed by atoms with Gasteiger partial charge in [-0.2, -0.15) is 16.1 Å². The zero-order chi connectivity index (χ0) is 15.3. The van der Waals surface area contributed by atoms with E-state index in [1.807, 2.05) is 0 Å². The molecule has 114 valence electrons. The van der Waals surface area contributed by atoms with E-state index in [9.17, 15) is 8.42 Å². The molecule has 0 radical (unpaired) electrons. The molecular weight excluding hydrogens is 308 g/mol. The van der Waals surface area contributed by atoms with Gasteiger partial charge in [-0.15, -0.1) is 0 Å². The molecule has 7 heteroatoms. The molecule has 0 amide bonds. The highest BCUT2D eigenvalue weighted by Crippen LogP contribution is 2.26. The molecular formula is C14H18N2O3S2. The molecule has 1 unspecified atom stereocenters. The molecule has 1 aliphatic heterocycles. The molecule has 0 aromatic carbocycles. The van der Waals surface area contributed by atoms with Gasteiger partial charge in [0.15, 0.2) is 0 Å². The van der Waals surface area contributed by atoms with Crippen LogP contribution in [0.5, 0.6) is 0 Å². The Balaban J connectivity index is 2.24. The van der Waals surface area contributed by atoms with Crippen LogP contribution >= 0.6 is 11.8 Å². The Morgan fingerprint density at radius 2 is 2.33 bits per heavy atom. The maximum atomic E-state index is 12.6. The molecule has 1 aliphatic rings. The number of aliphatic hydroxyl groups is 1. The Bertz CT molecular complexity index is 644. The Kier molecular flexibility index (Phi) is 5.65. The molecule has 1 aromatic rings. The summed E-state index contributed by atoms with van der Waals surface area (Å²) in [6, 6.07) is 1.58. The second-order valence-corrected chi connectivity index (χ2v) is 7.87. The lowest BCUT2D eigenvalue weighted by molar-refractivity contribution is 0.305.